The second-order valence-electron chi connectivity index (χ2n) is 3.96. The van der Waals surface area contributed by atoms with E-state index in [4.69, 9.17) is 4.74 Å². The Morgan fingerprint density at radius 2 is 2.13 bits per heavy atom. The minimum atomic E-state index is 0.639. The highest BCUT2D eigenvalue weighted by molar-refractivity contribution is 5.54. The van der Waals surface area contributed by atoms with Crippen LogP contribution < -0.4 is 5.32 Å². The molecule has 0 saturated heterocycles. The highest BCUT2D eigenvalue weighted by Gasteiger charge is 2.00. The van der Waals surface area contributed by atoms with Gasteiger partial charge in [-0.3, -0.25) is 0 Å². The van der Waals surface area contributed by atoms with Crippen molar-refractivity contribution in [1.29, 1.82) is 0 Å². The van der Waals surface area contributed by atoms with Gasteiger partial charge in [0.2, 0.25) is 0 Å². The molecule has 82 valence electrons. The number of benzene rings is 1. The molecule has 0 bridgehead atoms. The molecule has 0 aliphatic carbocycles. The number of anilines is 1. The number of rotatable bonds is 4. The standard InChI is InChI=1S/C13H19NO/c1-10(2)8-14-13-6-5-11(3)7-12(13)9-15-4/h5-8,14H,9H2,1-4H3. The van der Waals surface area contributed by atoms with Crippen LogP contribution >= 0.6 is 0 Å². The zero-order valence-electron chi connectivity index (χ0n) is 9.92. The SMILES string of the molecule is COCc1cc(C)ccc1NC=C(C)C. The van der Waals surface area contributed by atoms with E-state index in [1.165, 1.54) is 16.7 Å². The van der Waals surface area contributed by atoms with Gasteiger partial charge in [0.05, 0.1) is 6.61 Å². The minimum Gasteiger partial charge on any atom is -0.380 e. The Bertz CT molecular complexity index is 352. The Morgan fingerprint density at radius 1 is 1.40 bits per heavy atom. The van der Waals surface area contributed by atoms with Crippen molar-refractivity contribution in [1.82, 2.24) is 0 Å². The smallest absolute Gasteiger partial charge is 0.0733 e. The molecule has 0 radical (unpaired) electrons. The predicted octanol–water partition coefficient (Wildman–Crippen LogP) is 3.48. The van der Waals surface area contributed by atoms with E-state index in [1.807, 2.05) is 6.20 Å². The number of allylic oxidation sites excluding steroid dienone is 1. The maximum Gasteiger partial charge on any atom is 0.0733 e. The third-order valence-electron chi connectivity index (χ3n) is 2.08. The van der Waals surface area contributed by atoms with Crippen LogP contribution in [0.4, 0.5) is 5.69 Å². The van der Waals surface area contributed by atoms with Crippen molar-refractivity contribution in [3.63, 3.8) is 0 Å². The van der Waals surface area contributed by atoms with E-state index < -0.39 is 0 Å². The van der Waals surface area contributed by atoms with Crippen LogP contribution in [0.25, 0.3) is 0 Å². The molecule has 0 unspecified atom stereocenters. The van der Waals surface area contributed by atoms with Gasteiger partial charge >= 0.3 is 0 Å². The summed E-state index contributed by atoms with van der Waals surface area (Å²) in [7, 11) is 1.72. The Kier molecular flexibility index (Phi) is 4.37. The van der Waals surface area contributed by atoms with Gasteiger partial charge in [-0.05, 0) is 33.0 Å². The van der Waals surface area contributed by atoms with Crippen LogP contribution in [-0.2, 0) is 11.3 Å². The number of hydrogen-bond acceptors (Lipinski definition) is 2. The number of aryl methyl sites for hydroxylation is 1. The summed E-state index contributed by atoms with van der Waals surface area (Å²) in [6.45, 7) is 6.86. The average molecular weight is 205 g/mol. The summed E-state index contributed by atoms with van der Waals surface area (Å²) in [6, 6.07) is 6.33. The normalized spacial score (nSPS) is 9.87. The molecule has 0 spiro atoms. The fraction of sp³-hybridized carbons (Fsp3) is 0.385. The van der Waals surface area contributed by atoms with E-state index in [1.54, 1.807) is 7.11 Å². The van der Waals surface area contributed by atoms with Crippen molar-refractivity contribution in [2.24, 2.45) is 0 Å². The third-order valence-corrected chi connectivity index (χ3v) is 2.08. The Morgan fingerprint density at radius 3 is 2.73 bits per heavy atom. The van der Waals surface area contributed by atoms with Gasteiger partial charge in [-0.15, -0.1) is 0 Å². The van der Waals surface area contributed by atoms with Gasteiger partial charge in [-0.2, -0.15) is 0 Å². The Balaban J connectivity index is 2.90. The van der Waals surface area contributed by atoms with E-state index in [2.05, 4.69) is 44.3 Å². The van der Waals surface area contributed by atoms with Crippen LogP contribution in [0.15, 0.2) is 30.0 Å². The number of methoxy groups -OCH3 is 1. The van der Waals surface area contributed by atoms with Gasteiger partial charge < -0.3 is 10.1 Å². The van der Waals surface area contributed by atoms with E-state index >= 15 is 0 Å². The van der Waals surface area contributed by atoms with E-state index in [-0.39, 0.29) is 0 Å². The van der Waals surface area contributed by atoms with E-state index in [0.29, 0.717) is 6.61 Å². The lowest BCUT2D eigenvalue weighted by Gasteiger charge is -2.10. The van der Waals surface area contributed by atoms with Crippen LogP contribution in [0, 0.1) is 6.92 Å². The molecule has 1 aromatic rings. The van der Waals surface area contributed by atoms with Gasteiger partial charge in [-0.25, -0.2) is 0 Å². The quantitative estimate of drug-likeness (QED) is 0.812. The molecular formula is C13H19NO. The first-order chi connectivity index (χ1) is 7.13. The summed E-state index contributed by atoms with van der Waals surface area (Å²) in [5.74, 6) is 0. The summed E-state index contributed by atoms with van der Waals surface area (Å²) in [4.78, 5) is 0. The maximum absolute atomic E-state index is 5.17. The van der Waals surface area contributed by atoms with Gasteiger partial charge in [0.1, 0.15) is 0 Å². The predicted molar refractivity (Wildman–Crippen MR) is 64.9 cm³/mol. The zero-order chi connectivity index (χ0) is 11.3. The van der Waals surface area contributed by atoms with Crippen molar-refractivity contribution < 1.29 is 4.74 Å². The summed E-state index contributed by atoms with van der Waals surface area (Å²) in [5.41, 5.74) is 4.81. The second-order valence-corrected chi connectivity index (χ2v) is 3.96. The second kappa shape index (κ2) is 5.56. The molecule has 0 aliphatic rings. The van der Waals surface area contributed by atoms with Crippen molar-refractivity contribution >= 4 is 5.69 Å². The molecule has 0 atom stereocenters. The van der Waals surface area contributed by atoms with Crippen LogP contribution in [-0.4, -0.2) is 7.11 Å². The maximum atomic E-state index is 5.17. The number of nitrogens with one attached hydrogen (secondary N) is 1. The fourth-order valence-corrected chi connectivity index (χ4v) is 1.36. The first-order valence-corrected chi connectivity index (χ1v) is 5.12. The lowest BCUT2D eigenvalue weighted by Crippen LogP contribution is -1.97. The molecule has 15 heavy (non-hydrogen) atoms. The molecule has 0 saturated carbocycles. The average Bonchev–Trinajstić information content (AvgIpc) is 2.17. The van der Waals surface area contributed by atoms with Gasteiger partial charge in [-0.1, -0.05) is 23.3 Å². The highest BCUT2D eigenvalue weighted by Crippen LogP contribution is 2.18. The van der Waals surface area contributed by atoms with Gasteiger partial charge in [0, 0.05) is 18.4 Å². The third kappa shape index (κ3) is 3.76. The van der Waals surface area contributed by atoms with Crippen LogP contribution in [0.3, 0.4) is 0 Å². The van der Waals surface area contributed by atoms with Gasteiger partial charge in [0.15, 0.2) is 0 Å². The molecule has 0 aliphatic heterocycles. The molecule has 0 heterocycles. The molecule has 1 aromatic carbocycles. The van der Waals surface area contributed by atoms with E-state index in [0.717, 1.165) is 5.69 Å². The van der Waals surface area contributed by atoms with Crippen molar-refractivity contribution in [2.75, 3.05) is 12.4 Å². The van der Waals surface area contributed by atoms with Crippen LogP contribution in [0.1, 0.15) is 25.0 Å². The summed E-state index contributed by atoms with van der Waals surface area (Å²) >= 11 is 0. The molecule has 0 fully saturated rings. The van der Waals surface area contributed by atoms with Crippen molar-refractivity contribution in [2.45, 2.75) is 27.4 Å². The summed E-state index contributed by atoms with van der Waals surface area (Å²) in [5, 5.41) is 3.28. The van der Waals surface area contributed by atoms with E-state index in [9.17, 15) is 0 Å². The monoisotopic (exact) mass is 205 g/mol. The lowest BCUT2D eigenvalue weighted by molar-refractivity contribution is 0.185. The first-order valence-electron chi connectivity index (χ1n) is 5.12. The lowest BCUT2D eigenvalue weighted by atomic mass is 10.1. The van der Waals surface area contributed by atoms with Crippen LogP contribution in [0.5, 0.6) is 0 Å². The largest absolute Gasteiger partial charge is 0.380 e. The minimum absolute atomic E-state index is 0.639. The Hall–Kier alpha value is -1.28. The zero-order valence-corrected chi connectivity index (χ0v) is 9.92. The summed E-state index contributed by atoms with van der Waals surface area (Å²) in [6.07, 6.45) is 2.00. The topological polar surface area (TPSA) is 21.3 Å². The molecule has 2 nitrogen and oxygen atoms in total. The Labute approximate surface area is 92.0 Å². The molecular weight excluding hydrogens is 186 g/mol. The number of hydrogen-bond donors (Lipinski definition) is 1. The van der Waals surface area contributed by atoms with Crippen molar-refractivity contribution in [3.05, 3.63) is 41.1 Å². The molecule has 0 amide bonds. The van der Waals surface area contributed by atoms with Crippen molar-refractivity contribution in [3.8, 4) is 0 Å². The molecule has 2 heteroatoms. The summed E-state index contributed by atoms with van der Waals surface area (Å²) < 4.78 is 5.17. The van der Waals surface area contributed by atoms with Crippen LogP contribution in [0.2, 0.25) is 0 Å². The number of ether oxygens (including phenoxy) is 1. The first kappa shape index (κ1) is 11.8. The molecule has 1 rings (SSSR count). The van der Waals surface area contributed by atoms with Gasteiger partial charge in [0.25, 0.3) is 0 Å². The molecule has 1 N–H and O–H groups in total. The fourth-order valence-electron chi connectivity index (χ4n) is 1.36. The highest BCUT2D eigenvalue weighted by atomic mass is 16.5. The molecule has 0 aromatic heterocycles.